The molecule has 2 aromatic carbocycles. The van der Waals surface area contributed by atoms with Gasteiger partial charge in [-0.15, -0.1) is 0 Å². The summed E-state index contributed by atoms with van der Waals surface area (Å²) < 4.78 is 0.906. The van der Waals surface area contributed by atoms with Gasteiger partial charge in [-0.2, -0.15) is 0 Å². The lowest BCUT2D eigenvalue weighted by molar-refractivity contribution is 1.43. The predicted molar refractivity (Wildman–Crippen MR) is 94.5 cm³/mol. The van der Waals surface area contributed by atoms with Gasteiger partial charge < -0.3 is 11.1 Å². The lowest BCUT2D eigenvalue weighted by atomic mass is 10.1. The van der Waals surface area contributed by atoms with E-state index in [0.29, 0.717) is 15.6 Å². The van der Waals surface area contributed by atoms with E-state index in [0.717, 1.165) is 21.4 Å². The van der Waals surface area contributed by atoms with Crippen LogP contribution in [-0.4, -0.2) is 4.99 Å². The molecule has 0 spiro atoms. The molecule has 0 bridgehead atoms. The van der Waals surface area contributed by atoms with Crippen LogP contribution in [0.15, 0.2) is 34.8 Å². The van der Waals surface area contributed by atoms with E-state index in [2.05, 4.69) is 21.2 Å². The molecule has 3 N–H and O–H groups in total. The van der Waals surface area contributed by atoms with Crippen LogP contribution in [0.4, 0.5) is 11.4 Å². The van der Waals surface area contributed by atoms with E-state index in [9.17, 15) is 0 Å². The molecule has 0 heterocycles. The van der Waals surface area contributed by atoms with Crippen LogP contribution in [0.3, 0.4) is 0 Å². The van der Waals surface area contributed by atoms with Crippen molar-refractivity contribution in [2.24, 2.45) is 5.73 Å². The zero-order valence-electron chi connectivity index (χ0n) is 10.5. The lowest BCUT2D eigenvalue weighted by Gasteiger charge is -2.14. The van der Waals surface area contributed by atoms with Gasteiger partial charge in [0.2, 0.25) is 0 Å². The number of aryl methyl sites for hydroxylation is 1. The van der Waals surface area contributed by atoms with Crippen LogP contribution in [0, 0.1) is 6.92 Å². The molecular formula is C14H11BrCl2N2S. The summed E-state index contributed by atoms with van der Waals surface area (Å²) in [5, 5.41) is 4.52. The molecule has 0 saturated carbocycles. The van der Waals surface area contributed by atoms with Gasteiger partial charge in [0.25, 0.3) is 0 Å². The zero-order valence-corrected chi connectivity index (χ0v) is 14.4. The Morgan fingerprint density at radius 3 is 2.55 bits per heavy atom. The van der Waals surface area contributed by atoms with Crippen LogP contribution in [0.2, 0.25) is 10.0 Å². The van der Waals surface area contributed by atoms with Gasteiger partial charge >= 0.3 is 0 Å². The molecule has 0 unspecified atom stereocenters. The molecule has 104 valence electrons. The average molecular weight is 390 g/mol. The van der Waals surface area contributed by atoms with Crippen molar-refractivity contribution >= 4 is 67.7 Å². The summed E-state index contributed by atoms with van der Waals surface area (Å²) in [6.45, 7) is 1.94. The maximum absolute atomic E-state index is 6.15. The Hall–Kier alpha value is -0.810. The Morgan fingerprint density at radius 2 is 1.90 bits per heavy atom. The van der Waals surface area contributed by atoms with E-state index in [4.69, 9.17) is 41.2 Å². The van der Waals surface area contributed by atoms with Crippen molar-refractivity contribution in [3.8, 4) is 0 Å². The van der Waals surface area contributed by atoms with E-state index < -0.39 is 0 Å². The second kappa shape index (κ2) is 6.31. The number of anilines is 2. The summed E-state index contributed by atoms with van der Waals surface area (Å²) in [6.07, 6.45) is 0. The summed E-state index contributed by atoms with van der Waals surface area (Å²) in [7, 11) is 0. The van der Waals surface area contributed by atoms with Crippen molar-refractivity contribution < 1.29 is 0 Å². The van der Waals surface area contributed by atoms with Crippen LogP contribution >= 0.6 is 51.3 Å². The Balaban J connectivity index is 2.45. The van der Waals surface area contributed by atoms with Gasteiger partial charge in [-0.05, 0) is 58.7 Å². The largest absolute Gasteiger partial charge is 0.389 e. The molecule has 2 aromatic rings. The third-order valence-electron chi connectivity index (χ3n) is 2.76. The van der Waals surface area contributed by atoms with Gasteiger partial charge in [-0.25, -0.2) is 0 Å². The highest BCUT2D eigenvalue weighted by molar-refractivity contribution is 9.10. The molecule has 0 aliphatic heterocycles. The number of thiocarbonyl (C=S) groups is 1. The first-order valence-corrected chi connectivity index (χ1v) is 7.66. The fourth-order valence-corrected chi connectivity index (χ4v) is 2.78. The highest BCUT2D eigenvalue weighted by atomic mass is 79.9. The number of halogens is 3. The van der Waals surface area contributed by atoms with Crippen LogP contribution in [0.25, 0.3) is 0 Å². The van der Waals surface area contributed by atoms with Gasteiger partial charge in [0.05, 0.1) is 5.69 Å². The average Bonchev–Trinajstić information content (AvgIpc) is 2.37. The summed E-state index contributed by atoms with van der Waals surface area (Å²) in [4.78, 5) is 0.282. The molecule has 0 aromatic heterocycles. The minimum Gasteiger partial charge on any atom is -0.389 e. The lowest BCUT2D eigenvalue weighted by Crippen LogP contribution is -2.12. The third kappa shape index (κ3) is 3.44. The first-order valence-electron chi connectivity index (χ1n) is 5.70. The van der Waals surface area contributed by atoms with E-state index in [1.807, 2.05) is 25.1 Å². The van der Waals surface area contributed by atoms with Crippen LogP contribution < -0.4 is 11.1 Å². The van der Waals surface area contributed by atoms with Crippen molar-refractivity contribution in [1.82, 2.24) is 0 Å². The number of benzene rings is 2. The highest BCUT2D eigenvalue weighted by Gasteiger charge is 2.10. The highest BCUT2D eigenvalue weighted by Crippen LogP contribution is 2.33. The third-order valence-corrected chi connectivity index (χ3v) is 4.28. The predicted octanol–water partition coefficient (Wildman–Crippen LogP) is 5.44. The van der Waals surface area contributed by atoms with E-state index in [1.165, 1.54) is 0 Å². The Bertz CT molecular complexity index is 689. The standard InChI is InChI=1S/C14H11BrCl2N2S/c1-7-4-10(15)13(6-11(7)17)19-12-3-2-8(16)5-9(12)14(18)20/h2-6,19H,1H3,(H2,18,20). The monoisotopic (exact) mass is 388 g/mol. The minimum atomic E-state index is 0.282. The summed E-state index contributed by atoms with van der Waals surface area (Å²) in [6, 6.07) is 9.13. The quantitative estimate of drug-likeness (QED) is 0.686. The molecule has 0 amide bonds. The Labute approximate surface area is 141 Å². The fourth-order valence-electron chi connectivity index (χ4n) is 1.72. The van der Waals surface area contributed by atoms with E-state index in [-0.39, 0.29) is 4.99 Å². The molecule has 0 aliphatic rings. The molecule has 0 fully saturated rings. The number of hydrogen-bond acceptors (Lipinski definition) is 2. The molecule has 2 nitrogen and oxygen atoms in total. The smallest absolute Gasteiger partial charge is 0.106 e. The summed E-state index contributed by atoms with van der Waals surface area (Å²) in [5.41, 5.74) is 9.02. The van der Waals surface area contributed by atoms with Crippen LogP contribution in [0.1, 0.15) is 11.1 Å². The number of rotatable bonds is 3. The van der Waals surface area contributed by atoms with Crippen molar-refractivity contribution in [1.29, 1.82) is 0 Å². The van der Waals surface area contributed by atoms with Gasteiger partial charge in [0.15, 0.2) is 0 Å². The van der Waals surface area contributed by atoms with Crippen LogP contribution in [0.5, 0.6) is 0 Å². The van der Waals surface area contributed by atoms with E-state index >= 15 is 0 Å². The second-order valence-electron chi connectivity index (χ2n) is 4.26. The number of nitrogens with two attached hydrogens (primary N) is 1. The fraction of sp³-hybridized carbons (Fsp3) is 0.0714. The second-order valence-corrected chi connectivity index (χ2v) is 6.40. The normalized spacial score (nSPS) is 10.4. The van der Waals surface area contributed by atoms with Gasteiger partial charge in [0, 0.05) is 25.8 Å². The summed E-state index contributed by atoms with van der Waals surface area (Å²) in [5.74, 6) is 0. The molecule has 0 atom stereocenters. The van der Waals surface area contributed by atoms with Crippen molar-refractivity contribution in [3.05, 3.63) is 56.0 Å². The molecule has 0 radical (unpaired) electrons. The molecular weight excluding hydrogens is 379 g/mol. The van der Waals surface area contributed by atoms with Gasteiger partial charge in [0.1, 0.15) is 4.99 Å². The van der Waals surface area contributed by atoms with Crippen molar-refractivity contribution in [3.63, 3.8) is 0 Å². The van der Waals surface area contributed by atoms with Crippen molar-refractivity contribution in [2.75, 3.05) is 5.32 Å². The number of hydrogen-bond donors (Lipinski definition) is 2. The zero-order chi connectivity index (χ0) is 14.9. The van der Waals surface area contributed by atoms with Crippen LogP contribution in [-0.2, 0) is 0 Å². The molecule has 6 heteroatoms. The summed E-state index contributed by atoms with van der Waals surface area (Å²) >= 11 is 20.7. The maximum atomic E-state index is 6.15. The Morgan fingerprint density at radius 1 is 1.20 bits per heavy atom. The topological polar surface area (TPSA) is 38.0 Å². The van der Waals surface area contributed by atoms with Gasteiger partial charge in [-0.3, -0.25) is 0 Å². The molecule has 20 heavy (non-hydrogen) atoms. The molecule has 0 saturated heterocycles. The van der Waals surface area contributed by atoms with E-state index in [1.54, 1.807) is 12.1 Å². The van der Waals surface area contributed by atoms with Gasteiger partial charge in [-0.1, -0.05) is 35.4 Å². The number of nitrogens with one attached hydrogen (secondary N) is 1. The molecule has 0 aliphatic carbocycles. The minimum absolute atomic E-state index is 0.282. The SMILES string of the molecule is Cc1cc(Br)c(Nc2ccc(Cl)cc2C(N)=S)cc1Cl. The van der Waals surface area contributed by atoms with Crippen molar-refractivity contribution in [2.45, 2.75) is 6.92 Å². The first kappa shape index (κ1) is 15.6. The first-order chi connectivity index (χ1) is 9.38. The molecule has 2 rings (SSSR count). The maximum Gasteiger partial charge on any atom is 0.106 e. The Kier molecular flexibility index (Phi) is 4.91.